The van der Waals surface area contributed by atoms with Crippen LogP contribution in [-0.2, 0) is 17.5 Å². The monoisotopic (exact) mass is 610 g/mol. The van der Waals surface area contributed by atoms with Crippen molar-refractivity contribution in [2.24, 2.45) is 0 Å². The Morgan fingerprint density at radius 2 is 1.68 bits per heavy atom. The van der Waals surface area contributed by atoms with E-state index in [0.29, 0.717) is 24.5 Å². The van der Waals surface area contributed by atoms with E-state index in [1.54, 1.807) is 51.1 Å². The predicted octanol–water partition coefficient (Wildman–Crippen LogP) is 6.32. The molecule has 1 aromatic heterocycles. The van der Waals surface area contributed by atoms with Crippen LogP contribution in [0.15, 0.2) is 48.8 Å². The van der Waals surface area contributed by atoms with Crippen LogP contribution in [0.3, 0.4) is 0 Å². The number of aryl methyl sites for hydroxylation is 1. The molecule has 4 rings (SSSR count). The van der Waals surface area contributed by atoms with Crippen molar-refractivity contribution in [3.05, 3.63) is 82.3 Å². The molecule has 2 aromatic carbocycles. The molecule has 9 nitrogen and oxygen atoms in total. The van der Waals surface area contributed by atoms with Crippen molar-refractivity contribution in [3.8, 4) is 0 Å². The van der Waals surface area contributed by atoms with Gasteiger partial charge in [0.2, 0.25) is 0 Å². The third-order valence-corrected chi connectivity index (χ3v) is 6.94. The molecule has 2 heterocycles. The van der Waals surface area contributed by atoms with Crippen molar-refractivity contribution < 1.29 is 27.5 Å². The average molecular weight is 611 g/mol. The van der Waals surface area contributed by atoms with Gasteiger partial charge in [-0.25, -0.2) is 9.78 Å². The van der Waals surface area contributed by atoms with Crippen LogP contribution < -0.4 is 10.6 Å². The van der Waals surface area contributed by atoms with E-state index in [0.717, 1.165) is 30.3 Å². The van der Waals surface area contributed by atoms with Crippen LogP contribution in [-0.4, -0.2) is 70.6 Å². The molecular weight excluding hydrogens is 573 g/mol. The van der Waals surface area contributed by atoms with Crippen molar-refractivity contribution in [3.63, 3.8) is 0 Å². The van der Waals surface area contributed by atoms with Gasteiger partial charge in [-0.3, -0.25) is 20.0 Å². The van der Waals surface area contributed by atoms with Gasteiger partial charge in [-0.1, -0.05) is 18.2 Å². The molecule has 0 radical (unpaired) electrons. The lowest BCUT2D eigenvalue weighted by atomic mass is 10.0. The van der Waals surface area contributed by atoms with Gasteiger partial charge in [0.15, 0.2) is 5.82 Å². The molecule has 0 saturated carbocycles. The van der Waals surface area contributed by atoms with Crippen molar-refractivity contribution in [2.45, 2.75) is 46.0 Å². The van der Waals surface area contributed by atoms with Gasteiger partial charge in [0.25, 0.3) is 5.91 Å². The smallest absolute Gasteiger partial charge is 0.416 e. The second kappa shape index (κ2) is 13.6. The zero-order valence-corrected chi connectivity index (χ0v) is 25.5. The average Bonchev–Trinajstić information content (AvgIpc) is 2.94. The maximum atomic E-state index is 14.0. The molecule has 234 valence electrons. The van der Waals surface area contributed by atoms with E-state index in [1.807, 2.05) is 18.9 Å². The number of halogens is 3. The topological polar surface area (TPSA) is 99.7 Å². The first-order chi connectivity index (χ1) is 20.7. The fourth-order valence-corrected chi connectivity index (χ4v) is 4.54. The number of hydrogen-bond acceptors (Lipinski definition) is 7. The SMILES string of the molecule is Cc1ccc(NC(=O)c2ccc(CN3CCN(C)CC3)c(C(F)(F)F)c2)cc1C=Cc1cnc(NC(=O)OC(C)(C)C)cn1. The number of hydrogen-bond donors (Lipinski definition) is 2. The van der Waals surface area contributed by atoms with Crippen LogP contribution in [0.2, 0.25) is 0 Å². The van der Waals surface area contributed by atoms with Crippen LogP contribution in [0.5, 0.6) is 0 Å². The first kappa shape index (κ1) is 32.6. The molecular formula is C32H37F3N6O3. The Morgan fingerprint density at radius 1 is 0.955 bits per heavy atom. The fourth-order valence-electron chi connectivity index (χ4n) is 4.54. The zero-order chi connectivity index (χ0) is 32.1. The number of rotatable bonds is 7. The summed E-state index contributed by atoms with van der Waals surface area (Å²) < 4.78 is 47.2. The summed E-state index contributed by atoms with van der Waals surface area (Å²) in [7, 11) is 1.99. The number of carbonyl (C=O) groups excluding carboxylic acids is 2. The quantitative estimate of drug-likeness (QED) is 0.323. The molecule has 2 N–H and O–H groups in total. The maximum Gasteiger partial charge on any atom is 0.416 e. The molecule has 0 bridgehead atoms. The summed E-state index contributed by atoms with van der Waals surface area (Å²) in [5.74, 6) is -0.405. The molecule has 1 aliphatic rings. The summed E-state index contributed by atoms with van der Waals surface area (Å²) in [5.41, 5.74) is 1.24. The minimum atomic E-state index is -4.59. The Bertz CT molecular complexity index is 1510. The first-order valence-electron chi connectivity index (χ1n) is 14.2. The van der Waals surface area contributed by atoms with Crippen molar-refractivity contribution in [1.82, 2.24) is 19.8 Å². The molecule has 1 saturated heterocycles. The van der Waals surface area contributed by atoms with Crippen LogP contribution in [0.4, 0.5) is 29.5 Å². The number of benzene rings is 2. The van der Waals surface area contributed by atoms with Gasteiger partial charge < -0.3 is 15.0 Å². The highest BCUT2D eigenvalue weighted by Gasteiger charge is 2.34. The maximum absolute atomic E-state index is 14.0. The van der Waals surface area contributed by atoms with Gasteiger partial charge >= 0.3 is 12.3 Å². The highest BCUT2D eigenvalue weighted by Crippen LogP contribution is 2.34. The van der Waals surface area contributed by atoms with E-state index in [2.05, 4.69) is 25.5 Å². The molecule has 2 amide bonds. The second-order valence-corrected chi connectivity index (χ2v) is 11.8. The van der Waals surface area contributed by atoms with E-state index < -0.39 is 29.3 Å². The first-order valence-corrected chi connectivity index (χ1v) is 14.2. The molecule has 44 heavy (non-hydrogen) atoms. The third-order valence-electron chi connectivity index (χ3n) is 6.94. The zero-order valence-electron chi connectivity index (χ0n) is 25.5. The Balaban J connectivity index is 1.44. The summed E-state index contributed by atoms with van der Waals surface area (Å²) in [4.78, 5) is 37.5. The number of amides is 2. The number of nitrogens with zero attached hydrogens (tertiary/aromatic N) is 4. The molecule has 0 spiro atoms. The number of piperazine rings is 1. The van der Waals surface area contributed by atoms with E-state index in [9.17, 15) is 22.8 Å². The van der Waals surface area contributed by atoms with Crippen LogP contribution in [0, 0.1) is 6.92 Å². The van der Waals surface area contributed by atoms with E-state index in [4.69, 9.17) is 4.74 Å². The number of likely N-dealkylation sites (N-methyl/N-ethyl adjacent to an activating group) is 1. The lowest BCUT2D eigenvalue weighted by Crippen LogP contribution is -2.44. The van der Waals surface area contributed by atoms with Crippen LogP contribution in [0.25, 0.3) is 12.2 Å². The van der Waals surface area contributed by atoms with Gasteiger partial charge in [0.05, 0.1) is 23.7 Å². The van der Waals surface area contributed by atoms with Crippen LogP contribution in [0.1, 0.15) is 59.1 Å². The van der Waals surface area contributed by atoms with Gasteiger partial charge in [-0.2, -0.15) is 13.2 Å². The van der Waals surface area contributed by atoms with Gasteiger partial charge in [0.1, 0.15) is 5.60 Å². The lowest BCUT2D eigenvalue weighted by Gasteiger charge is -2.33. The van der Waals surface area contributed by atoms with E-state index in [1.165, 1.54) is 24.5 Å². The van der Waals surface area contributed by atoms with Gasteiger partial charge in [-0.05, 0) is 81.8 Å². The largest absolute Gasteiger partial charge is 0.444 e. The minimum Gasteiger partial charge on any atom is -0.444 e. The third kappa shape index (κ3) is 9.35. The molecule has 0 unspecified atom stereocenters. The summed E-state index contributed by atoms with van der Waals surface area (Å²) in [6.07, 6.45) is 1.15. The Hall–Kier alpha value is -4.29. The summed E-state index contributed by atoms with van der Waals surface area (Å²) in [6, 6.07) is 8.97. The Morgan fingerprint density at radius 3 is 2.32 bits per heavy atom. The molecule has 1 aliphatic heterocycles. The molecule has 1 fully saturated rings. The number of aromatic nitrogens is 2. The number of alkyl halides is 3. The molecule has 0 atom stereocenters. The number of carbonyl (C=O) groups is 2. The fraction of sp³-hybridized carbons (Fsp3) is 0.375. The highest BCUT2D eigenvalue weighted by molar-refractivity contribution is 6.04. The normalized spacial score (nSPS) is 14.9. The van der Waals surface area contributed by atoms with Crippen LogP contribution >= 0.6 is 0 Å². The Kier molecular flexibility index (Phi) is 10.1. The summed E-state index contributed by atoms with van der Waals surface area (Å²) in [5, 5.41) is 5.23. The minimum absolute atomic E-state index is 0.0764. The van der Waals surface area contributed by atoms with E-state index >= 15 is 0 Å². The Labute approximate surface area is 255 Å². The molecule has 0 aliphatic carbocycles. The highest BCUT2D eigenvalue weighted by atomic mass is 19.4. The number of ether oxygens (including phenoxy) is 1. The van der Waals surface area contributed by atoms with Crippen molar-refractivity contribution in [2.75, 3.05) is 43.9 Å². The lowest BCUT2D eigenvalue weighted by molar-refractivity contribution is -0.138. The standard InChI is InChI=1S/C32H37F3N6O3/c1-21-6-10-25(16-22(21)9-11-26-18-37-28(19-36-26)39-30(43)44-31(2,3)4)38-29(42)23-7-8-24(27(17-23)32(33,34)35)20-41-14-12-40(5)13-15-41/h6-11,16-19H,12-15,20H2,1-5H3,(H,38,42)(H,37,39,43). The molecule has 3 aromatic rings. The van der Waals surface area contributed by atoms with Gasteiger partial charge in [0, 0.05) is 44.0 Å². The summed E-state index contributed by atoms with van der Waals surface area (Å²) >= 11 is 0. The predicted molar refractivity (Wildman–Crippen MR) is 164 cm³/mol. The van der Waals surface area contributed by atoms with Gasteiger partial charge in [-0.15, -0.1) is 0 Å². The van der Waals surface area contributed by atoms with E-state index in [-0.39, 0.29) is 23.5 Å². The van der Waals surface area contributed by atoms with Crippen molar-refractivity contribution >= 4 is 35.7 Å². The van der Waals surface area contributed by atoms with Crippen molar-refractivity contribution in [1.29, 1.82) is 0 Å². The molecule has 12 heteroatoms. The number of nitrogens with one attached hydrogen (secondary N) is 2. The second-order valence-electron chi connectivity index (χ2n) is 11.8. The number of anilines is 2. The summed E-state index contributed by atoms with van der Waals surface area (Å²) in [6.45, 7) is 10.3.